The monoisotopic (exact) mass is 867 g/mol. The van der Waals surface area contributed by atoms with Gasteiger partial charge >= 0.3 is 24.0 Å². The molecule has 0 spiro atoms. The zero-order chi connectivity index (χ0) is 36.5. The smallest absolute Gasteiger partial charge is 0.407 e. The number of alkyl halides is 3. The second-order valence-electron chi connectivity index (χ2n) is 13.4. The Morgan fingerprint density at radius 2 is 1.00 bits per heavy atom. The van der Waals surface area contributed by atoms with Crippen molar-refractivity contribution < 1.29 is 57.1 Å². The van der Waals surface area contributed by atoms with Crippen molar-refractivity contribution >= 4 is 77.6 Å². The number of ketones is 1. The van der Waals surface area contributed by atoms with Crippen LogP contribution in [0.3, 0.4) is 0 Å². The average Bonchev–Trinajstić information content (AvgIpc) is 2.91. The molecule has 0 aliphatic heterocycles. The SMILES string of the molecule is CC(C)(C)OC(=O)NCCOCCOCCCC(=O)COCC(COC(=O)C(C)(C)Br)(COC(=O)C(C)(C)Br)COC(=O)C(C)(C)Br. The maximum atomic E-state index is 12.6. The molecule has 0 aliphatic rings. The third-order valence-electron chi connectivity index (χ3n) is 5.69. The normalized spacial score (nSPS) is 12.7. The topological polar surface area (TPSA) is 162 Å². The van der Waals surface area contributed by atoms with E-state index in [4.69, 9.17) is 33.2 Å². The van der Waals surface area contributed by atoms with Crippen LogP contribution in [-0.4, -0.2) is 114 Å². The predicted molar refractivity (Wildman–Crippen MR) is 185 cm³/mol. The number of carbonyl (C=O) groups excluding carboxylic acids is 5. The molecule has 0 saturated carbocycles. The van der Waals surface area contributed by atoms with Crippen molar-refractivity contribution in [3.8, 4) is 0 Å². The quantitative estimate of drug-likeness (QED) is 0.0631. The summed E-state index contributed by atoms with van der Waals surface area (Å²) >= 11 is 9.77. The molecule has 1 amide bonds. The van der Waals surface area contributed by atoms with Crippen LogP contribution in [0, 0.1) is 5.41 Å². The Balaban J connectivity index is 4.98. The molecule has 0 unspecified atom stereocenters. The van der Waals surface area contributed by atoms with Crippen LogP contribution in [0.1, 0.15) is 75.2 Å². The first-order valence-corrected chi connectivity index (χ1v) is 17.6. The van der Waals surface area contributed by atoms with E-state index in [0.717, 1.165) is 0 Å². The highest BCUT2D eigenvalue weighted by molar-refractivity contribution is 9.10. The number of Topliss-reactive ketones (excluding diaryl/α,β-unsaturated/α-hetero) is 1. The van der Waals surface area contributed by atoms with Gasteiger partial charge in [0.1, 0.15) is 45.0 Å². The van der Waals surface area contributed by atoms with Crippen LogP contribution >= 0.6 is 47.8 Å². The number of ether oxygens (including phenoxy) is 7. The molecule has 0 aromatic heterocycles. The van der Waals surface area contributed by atoms with Crippen LogP contribution in [0.15, 0.2) is 0 Å². The van der Waals surface area contributed by atoms with Gasteiger partial charge in [0.25, 0.3) is 0 Å². The summed E-state index contributed by atoms with van der Waals surface area (Å²) in [6, 6.07) is 0. The van der Waals surface area contributed by atoms with E-state index >= 15 is 0 Å². The molecule has 47 heavy (non-hydrogen) atoms. The van der Waals surface area contributed by atoms with Gasteiger partial charge in [-0.2, -0.15) is 0 Å². The zero-order valence-electron chi connectivity index (χ0n) is 29.0. The van der Waals surface area contributed by atoms with E-state index in [0.29, 0.717) is 39.4 Å². The maximum absolute atomic E-state index is 12.6. The van der Waals surface area contributed by atoms with Gasteiger partial charge in [0.05, 0.1) is 31.8 Å². The second kappa shape index (κ2) is 21.0. The van der Waals surface area contributed by atoms with E-state index in [9.17, 15) is 24.0 Å². The van der Waals surface area contributed by atoms with Crippen molar-refractivity contribution in [3.63, 3.8) is 0 Å². The van der Waals surface area contributed by atoms with E-state index in [2.05, 4.69) is 53.1 Å². The lowest BCUT2D eigenvalue weighted by atomic mass is 9.91. The van der Waals surface area contributed by atoms with E-state index in [-0.39, 0.29) is 45.2 Å². The van der Waals surface area contributed by atoms with Crippen LogP contribution in [0.2, 0.25) is 0 Å². The molecule has 0 fully saturated rings. The predicted octanol–water partition coefficient (Wildman–Crippen LogP) is 5.05. The third-order valence-corrected chi connectivity index (χ3v) is 6.66. The molecule has 1 N–H and O–H groups in total. The first-order chi connectivity index (χ1) is 21.4. The lowest BCUT2D eigenvalue weighted by Gasteiger charge is -2.34. The summed E-state index contributed by atoms with van der Waals surface area (Å²) in [5, 5.41) is 2.59. The summed E-state index contributed by atoms with van der Waals surface area (Å²) in [6.07, 6.45) is 0.115. The first kappa shape index (κ1) is 45.7. The molecular weight excluding hydrogens is 818 g/mol. The molecule has 0 aliphatic carbocycles. The van der Waals surface area contributed by atoms with Gasteiger partial charge < -0.3 is 38.5 Å². The Morgan fingerprint density at radius 1 is 0.574 bits per heavy atom. The van der Waals surface area contributed by atoms with E-state index in [1.54, 1.807) is 62.3 Å². The minimum Gasteiger partial charge on any atom is -0.464 e. The number of carbonyl (C=O) groups is 5. The maximum Gasteiger partial charge on any atom is 0.407 e. The fourth-order valence-electron chi connectivity index (χ4n) is 3.11. The molecule has 0 radical (unpaired) electrons. The van der Waals surface area contributed by atoms with Crippen molar-refractivity contribution in [1.82, 2.24) is 5.32 Å². The van der Waals surface area contributed by atoms with E-state index < -0.39 is 48.0 Å². The molecule has 16 heteroatoms. The van der Waals surface area contributed by atoms with Crippen LogP contribution in [0.25, 0.3) is 0 Å². The van der Waals surface area contributed by atoms with Crippen LogP contribution in [0.4, 0.5) is 4.79 Å². The third kappa shape index (κ3) is 22.8. The fraction of sp³-hybridized carbons (Fsp3) is 0.839. The Kier molecular flexibility index (Phi) is 20.4. The van der Waals surface area contributed by atoms with Gasteiger partial charge in [0.2, 0.25) is 0 Å². The van der Waals surface area contributed by atoms with Gasteiger partial charge in [-0.25, -0.2) is 4.79 Å². The molecule has 0 heterocycles. The molecule has 0 saturated heterocycles. The van der Waals surface area contributed by atoms with Crippen LogP contribution in [0.5, 0.6) is 0 Å². The number of alkyl carbamates (subject to hydrolysis) is 1. The summed E-state index contributed by atoms with van der Waals surface area (Å²) in [7, 11) is 0. The average molecular weight is 870 g/mol. The molecule has 13 nitrogen and oxygen atoms in total. The molecule has 0 aromatic carbocycles. The largest absolute Gasteiger partial charge is 0.464 e. The van der Waals surface area contributed by atoms with Gasteiger partial charge in [-0.15, -0.1) is 0 Å². The molecule has 0 rings (SSSR count). The van der Waals surface area contributed by atoms with Crippen molar-refractivity contribution in [3.05, 3.63) is 0 Å². The molecule has 0 atom stereocenters. The lowest BCUT2D eigenvalue weighted by molar-refractivity contribution is -0.170. The number of halogens is 3. The fourth-order valence-corrected chi connectivity index (χ4v) is 3.45. The molecule has 0 bridgehead atoms. The van der Waals surface area contributed by atoms with Crippen molar-refractivity contribution in [2.75, 3.05) is 66.0 Å². The van der Waals surface area contributed by atoms with E-state index in [1.807, 2.05) is 0 Å². The number of hydrogen-bond donors (Lipinski definition) is 1. The van der Waals surface area contributed by atoms with Gasteiger partial charge in [-0.3, -0.25) is 19.2 Å². The summed E-state index contributed by atoms with van der Waals surface area (Å²) in [5.74, 6) is -2.00. The van der Waals surface area contributed by atoms with Crippen molar-refractivity contribution in [2.45, 2.75) is 93.7 Å². The summed E-state index contributed by atoms with van der Waals surface area (Å²) in [4.78, 5) is 61.9. The zero-order valence-corrected chi connectivity index (χ0v) is 33.8. The van der Waals surface area contributed by atoms with Gasteiger partial charge in [-0.1, -0.05) is 47.8 Å². The summed E-state index contributed by atoms with van der Waals surface area (Å²) in [6.45, 7) is 15.1. The summed E-state index contributed by atoms with van der Waals surface area (Å²) in [5.41, 5.74) is -1.89. The van der Waals surface area contributed by atoms with Gasteiger partial charge in [0.15, 0.2) is 5.78 Å². The number of nitrogens with one attached hydrogen (secondary N) is 1. The minimum atomic E-state index is -1.32. The Hall–Kier alpha value is -1.33. The number of rotatable bonds is 23. The summed E-state index contributed by atoms with van der Waals surface area (Å²) < 4.78 is 35.3. The minimum absolute atomic E-state index is 0.181. The number of hydrogen-bond acceptors (Lipinski definition) is 12. The van der Waals surface area contributed by atoms with Gasteiger partial charge in [0, 0.05) is 19.6 Å². The van der Waals surface area contributed by atoms with Crippen LogP contribution in [-0.2, 0) is 52.3 Å². The molecule has 0 aromatic rings. The Labute approximate surface area is 303 Å². The highest BCUT2D eigenvalue weighted by Gasteiger charge is 2.41. The highest BCUT2D eigenvalue weighted by atomic mass is 79.9. The Morgan fingerprint density at radius 3 is 1.40 bits per heavy atom. The second-order valence-corrected chi connectivity index (χ2v) is 19.4. The molecule has 274 valence electrons. The number of esters is 3. The first-order valence-electron chi connectivity index (χ1n) is 15.2. The number of amides is 1. The highest BCUT2D eigenvalue weighted by Crippen LogP contribution is 2.28. The lowest BCUT2D eigenvalue weighted by Crippen LogP contribution is -2.46. The van der Waals surface area contributed by atoms with Crippen molar-refractivity contribution in [2.24, 2.45) is 5.41 Å². The van der Waals surface area contributed by atoms with Crippen LogP contribution < -0.4 is 5.32 Å². The van der Waals surface area contributed by atoms with E-state index in [1.165, 1.54) is 0 Å². The van der Waals surface area contributed by atoms with Crippen molar-refractivity contribution in [1.29, 1.82) is 0 Å². The Bertz CT molecular complexity index is 937. The standard InChI is InChI=1S/C31H52Br3NO12/c1-27(2,3)47-26(40)35-12-14-42-16-15-41-13-10-11-22(36)17-43-18-31(19-44-23(37)28(4,5)32,20-45-24(38)29(6,7)33)21-46-25(39)30(8,9)34/h10-21H2,1-9H3,(H,35,40). The van der Waals surface area contributed by atoms with Gasteiger partial charge in [-0.05, 0) is 68.7 Å². The molecular formula is C31H52Br3NO12.